The molecule has 8 rings (SSSR count). The van der Waals surface area contributed by atoms with Crippen molar-refractivity contribution in [3.63, 3.8) is 0 Å². The summed E-state index contributed by atoms with van der Waals surface area (Å²) in [7, 11) is 0. The van der Waals surface area contributed by atoms with E-state index < -0.39 is 299 Å². The maximum atomic E-state index is 11.8. The fourth-order valence-corrected chi connectivity index (χ4v) is 11.7. The summed E-state index contributed by atoms with van der Waals surface area (Å²) in [5, 5.41) is 281. The first kappa shape index (κ1) is 73.2. The standard InChI is InChI=1S/C48H82O41/c49-1-16-24(58)32(66)33(67)41(81-16)89-48(40(74)31(65)23(8-56)88-48)15-80-47(39(73)30(64)22(7-55)87-47)14-79-46(38(72)29(63)21(6-54)86-46)13-78-45(37(71)28(62)20(5-53)85-45)12-77-44(36(70)27(61)19(4-52)84-44)11-76-43(35(69)26(60)18(3-51)83-43)10-75-42(9-57)34(68)25(59)17(2-50)82-42/h16-41,49-74H,1-15H2/t16-,17-,18-,19-,20-,21-,22-,23-,24-,25-,26-,27-,28-,29-,30-,31-,32+,33-,34+,35+,36+,37+,38+,39?,40+,41-,42-,43-,44-,45-,46-,47-,48+/m1/s1. The Labute approximate surface area is 501 Å². The zero-order chi connectivity index (χ0) is 65.7. The molecule has 0 saturated carbocycles. The second-order valence-electron chi connectivity index (χ2n) is 22.8. The highest BCUT2D eigenvalue weighted by molar-refractivity contribution is 5.07. The Balaban J connectivity index is 1.11. The fraction of sp³-hybridized carbons (Fsp3) is 1.00. The molecule has 41 nitrogen and oxygen atoms in total. The highest BCUT2D eigenvalue weighted by Crippen LogP contribution is 2.46. The summed E-state index contributed by atoms with van der Waals surface area (Å²) in [5.74, 6) is -20.7. The molecule has 8 saturated heterocycles. The Morgan fingerprint density at radius 3 is 0.663 bits per heavy atom. The van der Waals surface area contributed by atoms with Gasteiger partial charge in [0.15, 0.2) is 6.29 Å². The Morgan fingerprint density at radius 1 is 0.225 bits per heavy atom. The number of hydrogen-bond acceptors (Lipinski definition) is 41. The first-order chi connectivity index (χ1) is 42.0. The lowest BCUT2D eigenvalue weighted by Crippen LogP contribution is -2.64. The molecule has 0 amide bonds. The van der Waals surface area contributed by atoms with Crippen LogP contribution in [0.2, 0.25) is 0 Å². The van der Waals surface area contributed by atoms with E-state index in [9.17, 15) is 133 Å². The van der Waals surface area contributed by atoms with Crippen LogP contribution in [0.1, 0.15) is 0 Å². The third-order valence-corrected chi connectivity index (χ3v) is 17.3. The second kappa shape index (κ2) is 28.6. The molecule has 0 bridgehead atoms. The van der Waals surface area contributed by atoms with Crippen LogP contribution in [0.15, 0.2) is 0 Å². The minimum atomic E-state index is -3.08. The van der Waals surface area contributed by atoms with Crippen molar-refractivity contribution >= 4 is 0 Å². The summed E-state index contributed by atoms with van der Waals surface area (Å²) in [6, 6.07) is 0. The molecule has 33 atom stereocenters. The third kappa shape index (κ3) is 13.0. The third-order valence-electron chi connectivity index (χ3n) is 17.3. The van der Waals surface area contributed by atoms with Gasteiger partial charge in [0.25, 0.3) is 0 Å². The van der Waals surface area contributed by atoms with Gasteiger partial charge < -0.3 is 204 Å². The van der Waals surface area contributed by atoms with Crippen LogP contribution in [0, 0.1) is 0 Å². The Kier molecular flexibility index (Phi) is 23.5. The summed E-state index contributed by atoms with van der Waals surface area (Å²) >= 11 is 0. The predicted octanol–water partition coefficient (Wildman–Crippen LogP) is -18.4. The van der Waals surface area contributed by atoms with E-state index in [0.29, 0.717) is 0 Å². The van der Waals surface area contributed by atoms with Gasteiger partial charge in [-0.2, -0.15) is 0 Å². The maximum Gasteiger partial charge on any atom is 0.224 e. The average Bonchev–Trinajstić information content (AvgIpc) is 2.66. The molecule has 0 spiro atoms. The van der Waals surface area contributed by atoms with Crippen molar-refractivity contribution in [1.29, 1.82) is 0 Å². The van der Waals surface area contributed by atoms with Gasteiger partial charge in [0, 0.05) is 0 Å². The van der Waals surface area contributed by atoms with E-state index in [1.54, 1.807) is 0 Å². The van der Waals surface area contributed by atoms with E-state index in [4.69, 9.17) is 71.1 Å². The van der Waals surface area contributed by atoms with Crippen molar-refractivity contribution in [3.8, 4) is 0 Å². The molecule has 8 aliphatic rings. The van der Waals surface area contributed by atoms with E-state index in [1.807, 2.05) is 0 Å². The van der Waals surface area contributed by atoms with Gasteiger partial charge in [0.2, 0.25) is 40.5 Å². The molecule has 26 N–H and O–H groups in total. The normalized spacial score (nSPS) is 52.7. The van der Waals surface area contributed by atoms with Crippen LogP contribution in [0.4, 0.5) is 0 Å². The van der Waals surface area contributed by atoms with Crippen molar-refractivity contribution in [1.82, 2.24) is 0 Å². The number of ether oxygens (including phenoxy) is 15. The molecule has 0 radical (unpaired) electrons. The minimum absolute atomic E-state index is 0.932. The molecular weight excluding hydrogens is 1230 g/mol. The monoisotopic (exact) mass is 1310 g/mol. The van der Waals surface area contributed by atoms with Gasteiger partial charge in [-0.05, 0) is 0 Å². The molecular formula is C48H82O41. The van der Waals surface area contributed by atoms with E-state index in [-0.39, 0.29) is 0 Å². The largest absolute Gasteiger partial charge is 0.394 e. The highest BCUT2D eigenvalue weighted by atomic mass is 16.9. The average molecular weight is 1320 g/mol. The lowest BCUT2D eigenvalue weighted by Gasteiger charge is -2.45. The van der Waals surface area contributed by atoms with Gasteiger partial charge in [0.05, 0.1) is 52.9 Å². The summed E-state index contributed by atoms with van der Waals surface area (Å²) in [6.45, 7) is -18.4. The Morgan fingerprint density at radius 2 is 0.427 bits per heavy atom. The number of hydrogen-bond donors (Lipinski definition) is 26. The lowest BCUT2D eigenvalue weighted by atomic mass is 9.99. The summed E-state index contributed by atoms with van der Waals surface area (Å²) in [4.78, 5) is 0. The van der Waals surface area contributed by atoms with Crippen LogP contribution >= 0.6 is 0 Å². The summed E-state index contributed by atoms with van der Waals surface area (Å²) < 4.78 is 86.8. The molecule has 8 fully saturated rings. The van der Waals surface area contributed by atoms with Crippen LogP contribution in [0.3, 0.4) is 0 Å². The van der Waals surface area contributed by atoms with Crippen LogP contribution in [-0.4, -0.2) is 431 Å². The molecule has 41 heteroatoms. The van der Waals surface area contributed by atoms with Crippen LogP contribution in [0.5, 0.6) is 0 Å². The lowest BCUT2D eigenvalue weighted by molar-refractivity contribution is -0.407. The van der Waals surface area contributed by atoms with E-state index in [2.05, 4.69) is 0 Å². The molecule has 1 unspecified atom stereocenters. The summed E-state index contributed by atoms with van der Waals surface area (Å²) in [5.41, 5.74) is 0. The molecule has 0 aromatic rings. The molecule has 0 aromatic heterocycles. The molecule has 0 aromatic carbocycles. The summed E-state index contributed by atoms with van der Waals surface area (Å²) in [6.07, 6.45) is -54.4. The van der Waals surface area contributed by atoms with E-state index in [1.165, 1.54) is 0 Å². The van der Waals surface area contributed by atoms with Crippen molar-refractivity contribution in [2.45, 2.75) is 199 Å². The van der Waals surface area contributed by atoms with Gasteiger partial charge in [0.1, 0.15) is 199 Å². The van der Waals surface area contributed by atoms with E-state index in [0.717, 1.165) is 0 Å². The molecule has 8 heterocycles. The van der Waals surface area contributed by atoms with Crippen LogP contribution in [-0.2, 0) is 71.1 Å². The van der Waals surface area contributed by atoms with Gasteiger partial charge >= 0.3 is 0 Å². The maximum absolute atomic E-state index is 11.8. The van der Waals surface area contributed by atoms with Gasteiger partial charge in [-0.25, -0.2) is 0 Å². The first-order valence-corrected chi connectivity index (χ1v) is 27.9. The van der Waals surface area contributed by atoms with Crippen molar-refractivity contribution in [2.24, 2.45) is 0 Å². The first-order valence-electron chi connectivity index (χ1n) is 27.9. The quantitative estimate of drug-likeness (QED) is 0.0331. The molecule has 8 aliphatic heterocycles. The van der Waals surface area contributed by atoms with Crippen molar-refractivity contribution in [3.05, 3.63) is 0 Å². The van der Waals surface area contributed by atoms with Crippen molar-refractivity contribution < 1.29 is 204 Å². The molecule has 89 heavy (non-hydrogen) atoms. The smallest absolute Gasteiger partial charge is 0.224 e. The number of aliphatic hydroxyl groups excluding tert-OH is 26. The Hall–Kier alpha value is -1.64. The van der Waals surface area contributed by atoms with Gasteiger partial charge in [-0.3, -0.25) is 0 Å². The zero-order valence-corrected chi connectivity index (χ0v) is 46.9. The van der Waals surface area contributed by atoms with Gasteiger partial charge in [-0.15, -0.1) is 0 Å². The van der Waals surface area contributed by atoms with Crippen LogP contribution in [0.25, 0.3) is 0 Å². The van der Waals surface area contributed by atoms with Gasteiger partial charge in [-0.1, -0.05) is 0 Å². The zero-order valence-electron chi connectivity index (χ0n) is 46.9. The minimum Gasteiger partial charge on any atom is -0.394 e. The Bertz CT molecular complexity index is 2260. The second-order valence-corrected chi connectivity index (χ2v) is 22.8. The molecule has 520 valence electrons. The van der Waals surface area contributed by atoms with Crippen LogP contribution < -0.4 is 0 Å². The van der Waals surface area contributed by atoms with E-state index >= 15 is 0 Å². The topological polar surface area (TPSA) is 664 Å². The SMILES string of the molecule is OC[C@H]1O[C@@](CO)(OC[C@@]2(OC[C@@]3(OC[C@@]4(OC[C@@]5(OC[C@@]6(OC[C@@]7(O[C@H]8O[C@H](CO)[C@@H](O)[C@H](O)[C@H]8O)O[C@H](CO)[C@@H](O)[C@@H]7O)O[C@H](CO)[C@@H](O)C6O)O[C@H](CO)[C@@H](O)[C@@H]5O)O[C@H](CO)[C@@H](O)[C@@H]4O)O[C@H](CO)[C@@H](O)[C@@H]3O)O[C@H](CO)[C@@H](O)[C@@H]2O)[C@@H](O)[C@@H]1O. The number of aliphatic hydroxyl groups is 26. The van der Waals surface area contributed by atoms with Crippen molar-refractivity contribution in [2.75, 3.05) is 99.1 Å². The number of rotatable bonds is 29. The predicted molar refractivity (Wildman–Crippen MR) is 265 cm³/mol. The molecule has 0 aliphatic carbocycles. The highest BCUT2D eigenvalue weighted by Gasteiger charge is 2.68. The fourth-order valence-electron chi connectivity index (χ4n) is 11.7.